The standard InChI is InChI=1S/C62H48N2/c1-41-24-25-46(39-55(41)48-27-26-42-14-4-5-15-45(42)38-48)43-28-33-49(34-29-43)63(60-22-12-13-23-61(60)64-58-20-10-7-17-53(58)54-18-8-11-21-59(54)64)50-35-30-44(31-36-50)47-32-37-52-51-16-6-9-19-56(51)62(2,3)57(52)40-47/h4-41,55H,1-3H3. The Morgan fingerprint density at radius 2 is 1.08 bits per heavy atom. The van der Waals surface area contributed by atoms with Gasteiger partial charge >= 0.3 is 0 Å². The van der Waals surface area contributed by atoms with E-state index in [4.69, 9.17) is 0 Å². The highest BCUT2D eigenvalue weighted by Gasteiger charge is 2.35. The summed E-state index contributed by atoms with van der Waals surface area (Å²) in [6.07, 6.45) is 7.15. The molecule has 10 aromatic rings. The third kappa shape index (κ3) is 6.16. The van der Waals surface area contributed by atoms with Gasteiger partial charge in [0.2, 0.25) is 0 Å². The van der Waals surface area contributed by atoms with E-state index in [1.165, 1.54) is 82.7 Å². The number of benzene rings is 9. The Bertz CT molecular complexity index is 3430. The number of hydrogen-bond donors (Lipinski definition) is 0. The van der Waals surface area contributed by atoms with Gasteiger partial charge in [0.15, 0.2) is 0 Å². The topological polar surface area (TPSA) is 8.17 Å². The van der Waals surface area contributed by atoms with Crippen LogP contribution in [0.3, 0.4) is 0 Å². The Hall–Kier alpha value is -7.68. The van der Waals surface area contributed by atoms with Crippen molar-refractivity contribution in [3.05, 3.63) is 247 Å². The van der Waals surface area contributed by atoms with Crippen LogP contribution in [0.25, 0.3) is 66.1 Å². The first-order valence-electron chi connectivity index (χ1n) is 22.6. The number of hydrogen-bond acceptors (Lipinski definition) is 1. The average Bonchev–Trinajstić information content (AvgIpc) is 3.80. The zero-order chi connectivity index (χ0) is 42.9. The van der Waals surface area contributed by atoms with Gasteiger partial charge < -0.3 is 9.47 Å². The van der Waals surface area contributed by atoms with Gasteiger partial charge in [-0.15, -0.1) is 0 Å². The van der Waals surface area contributed by atoms with E-state index < -0.39 is 0 Å². The third-order valence-corrected chi connectivity index (χ3v) is 14.1. The monoisotopic (exact) mass is 820 g/mol. The van der Waals surface area contributed by atoms with Crippen LogP contribution in [0.2, 0.25) is 0 Å². The molecule has 306 valence electrons. The Labute approximate surface area is 375 Å². The van der Waals surface area contributed by atoms with E-state index in [2.05, 4.69) is 255 Å². The van der Waals surface area contributed by atoms with Gasteiger partial charge in [0.05, 0.1) is 22.4 Å². The van der Waals surface area contributed by atoms with Gasteiger partial charge in [0.1, 0.15) is 0 Å². The van der Waals surface area contributed by atoms with Crippen molar-refractivity contribution >= 4 is 55.2 Å². The normalized spacial score (nSPS) is 16.2. The molecule has 0 saturated heterocycles. The minimum atomic E-state index is -0.0551. The van der Waals surface area contributed by atoms with Crippen molar-refractivity contribution in [2.75, 3.05) is 4.90 Å². The second kappa shape index (κ2) is 15.0. The Morgan fingerprint density at radius 1 is 0.484 bits per heavy atom. The molecule has 2 unspecified atom stereocenters. The zero-order valence-corrected chi connectivity index (χ0v) is 36.4. The summed E-state index contributed by atoms with van der Waals surface area (Å²) in [5.74, 6) is 0.698. The number of para-hydroxylation sites is 4. The van der Waals surface area contributed by atoms with Crippen LogP contribution in [0.4, 0.5) is 17.1 Å². The zero-order valence-electron chi connectivity index (χ0n) is 36.4. The molecule has 0 amide bonds. The summed E-state index contributed by atoms with van der Waals surface area (Å²) >= 11 is 0. The fourth-order valence-corrected chi connectivity index (χ4v) is 10.7. The number of fused-ring (bicyclic) bond motifs is 7. The molecule has 0 fully saturated rings. The minimum absolute atomic E-state index is 0.0551. The quantitative estimate of drug-likeness (QED) is 0.155. The molecular formula is C62H48N2. The molecule has 12 rings (SSSR count). The fraction of sp³-hybridized carbons (Fsp3) is 0.0968. The van der Waals surface area contributed by atoms with Gasteiger partial charge in [0.25, 0.3) is 0 Å². The second-order valence-corrected chi connectivity index (χ2v) is 18.2. The highest BCUT2D eigenvalue weighted by Crippen LogP contribution is 2.50. The van der Waals surface area contributed by atoms with Gasteiger partial charge in [0, 0.05) is 33.5 Å². The van der Waals surface area contributed by atoms with Crippen LogP contribution in [0.1, 0.15) is 48.9 Å². The third-order valence-electron chi connectivity index (χ3n) is 14.1. The molecule has 1 aromatic heterocycles. The van der Waals surface area contributed by atoms with Crippen molar-refractivity contribution in [1.29, 1.82) is 0 Å². The highest BCUT2D eigenvalue weighted by atomic mass is 15.2. The van der Waals surface area contributed by atoms with Crippen LogP contribution in [0, 0.1) is 5.92 Å². The summed E-state index contributed by atoms with van der Waals surface area (Å²) in [6, 6.07) is 76.3. The van der Waals surface area contributed by atoms with Gasteiger partial charge in [-0.25, -0.2) is 0 Å². The van der Waals surface area contributed by atoms with E-state index in [0.717, 1.165) is 22.7 Å². The van der Waals surface area contributed by atoms with Crippen LogP contribution in [-0.4, -0.2) is 4.57 Å². The fourth-order valence-electron chi connectivity index (χ4n) is 10.7. The number of rotatable bonds is 7. The van der Waals surface area contributed by atoms with Gasteiger partial charge in [-0.3, -0.25) is 0 Å². The Kier molecular flexibility index (Phi) is 8.91. The summed E-state index contributed by atoms with van der Waals surface area (Å²) in [6.45, 7) is 7.04. The summed E-state index contributed by atoms with van der Waals surface area (Å²) < 4.78 is 2.44. The lowest BCUT2D eigenvalue weighted by molar-refractivity contribution is 0.638. The molecule has 1 heterocycles. The average molecular weight is 821 g/mol. The Morgan fingerprint density at radius 3 is 1.83 bits per heavy atom. The molecule has 0 N–H and O–H groups in total. The SMILES string of the molecule is CC1C=CC(c2ccc(N(c3ccc(-c4ccc5c(c4)C(C)(C)c4ccccc4-5)cc3)c3ccccc3-n3c4ccccc4c4ccccc43)cc2)=CC1c1ccc2ccccc2c1. The number of aromatic nitrogens is 1. The lowest BCUT2D eigenvalue weighted by Crippen LogP contribution is -2.14. The van der Waals surface area contributed by atoms with Crippen molar-refractivity contribution in [3.8, 4) is 27.9 Å². The molecular weight excluding hydrogens is 773 g/mol. The van der Waals surface area contributed by atoms with E-state index in [0.29, 0.717) is 11.8 Å². The maximum Gasteiger partial charge on any atom is 0.0702 e. The molecule has 64 heavy (non-hydrogen) atoms. The second-order valence-electron chi connectivity index (χ2n) is 18.2. The summed E-state index contributed by atoms with van der Waals surface area (Å²) in [5, 5.41) is 5.07. The van der Waals surface area contributed by atoms with Gasteiger partial charge in [-0.1, -0.05) is 191 Å². The van der Waals surface area contributed by atoms with E-state index in [1.54, 1.807) is 0 Å². The lowest BCUT2D eigenvalue weighted by atomic mass is 9.80. The summed E-state index contributed by atoms with van der Waals surface area (Å²) in [7, 11) is 0. The highest BCUT2D eigenvalue weighted by molar-refractivity contribution is 6.10. The molecule has 2 atom stereocenters. The predicted molar refractivity (Wildman–Crippen MR) is 271 cm³/mol. The number of anilines is 3. The molecule has 0 radical (unpaired) electrons. The summed E-state index contributed by atoms with van der Waals surface area (Å²) in [4.78, 5) is 2.43. The van der Waals surface area contributed by atoms with Crippen LogP contribution in [0.15, 0.2) is 224 Å². The van der Waals surface area contributed by atoms with Crippen LogP contribution in [0.5, 0.6) is 0 Å². The van der Waals surface area contributed by atoms with E-state index >= 15 is 0 Å². The van der Waals surface area contributed by atoms with Crippen LogP contribution in [-0.2, 0) is 5.41 Å². The van der Waals surface area contributed by atoms with Gasteiger partial charge in [-0.05, 0) is 121 Å². The molecule has 0 spiro atoms. The van der Waals surface area contributed by atoms with Crippen molar-refractivity contribution < 1.29 is 0 Å². The molecule has 2 heteroatoms. The molecule has 2 aliphatic carbocycles. The number of nitrogens with zero attached hydrogens (tertiary/aromatic N) is 2. The van der Waals surface area contributed by atoms with Crippen molar-refractivity contribution in [2.24, 2.45) is 5.92 Å². The maximum absolute atomic E-state index is 2.47. The first-order chi connectivity index (χ1) is 31.4. The van der Waals surface area contributed by atoms with E-state index in [9.17, 15) is 0 Å². The molecule has 9 aromatic carbocycles. The molecule has 2 nitrogen and oxygen atoms in total. The minimum Gasteiger partial charge on any atom is -0.308 e. The first kappa shape index (κ1) is 38.0. The Balaban J connectivity index is 0.963. The van der Waals surface area contributed by atoms with Crippen molar-refractivity contribution in [1.82, 2.24) is 4.57 Å². The van der Waals surface area contributed by atoms with E-state index in [1.807, 2.05) is 0 Å². The molecule has 0 bridgehead atoms. The van der Waals surface area contributed by atoms with E-state index in [-0.39, 0.29) is 5.41 Å². The molecule has 0 aliphatic heterocycles. The van der Waals surface area contributed by atoms with Crippen LogP contribution < -0.4 is 4.90 Å². The molecule has 2 aliphatic rings. The molecule has 0 saturated carbocycles. The lowest BCUT2D eigenvalue weighted by Gasteiger charge is -2.29. The number of allylic oxidation sites excluding steroid dienone is 4. The first-order valence-corrected chi connectivity index (χ1v) is 22.6. The van der Waals surface area contributed by atoms with Crippen molar-refractivity contribution in [2.45, 2.75) is 32.1 Å². The maximum atomic E-state index is 2.47. The van der Waals surface area contributed by atoms with Gasteiger partial charge in [-0.2, -0.15) is 0 Å². The summed E-state index contributed by atoms with van der Waals surface area (Å²) in [5.41, 5.74) is 18.5. The predicted octanol–water partition coefficient (Wildman–Crippen LogP) is 16.8. The van der Waals surface area contributed by atoms with Crippen molar-refractivity contribution in [3.63, 3.8) is 0 Å². The smallest absolute Gasteiger partial charge is 0.0702 e. The largest absolute Gasteiger partial charge is 0.308 e. The van der Waals surface area contributed by atoms with Crippen LogP contribution >= 0.6 is 0 Å².